The molecule has 1 amide bonds. The highest BCUT2D eigenvalue weighted by molar-refractivity contribution is 6.06. The number of nitrogens with zero attached hydrogens (tertiary/aromatic N) is 2. The van der Waals surface area contributed by atoms with Gasteiger partial charge < -0.3 is 19.5 Å². The summed E-state index contributed by atoms with van der Waals surface area (Å²) in [5, 5.41) is 2.42. The van der Waals surface area contributed by atoms with Gasteiger partial charge in [0.05, 0.1) is 25.0 Å². The van der Waals surface area contributed by atoms with Crippen LogP contribution in [0.15, 0.2) is 30.5 Å². The molecule has 2 aromatic rings. The van der Waals surface area contributed by atoms with Crippen molar-refractivity contribution < 1.29 is 32.2 Å². The summed E-state index contributed by atoms with van der Waals surface area (Å²) < 4.78 is 51.8. The Bertz CT molecular complexity index is 769. The van der Waals surface area contributed by atoms with Crippen LogP contribution in [-0.2, 0) is 0 Å². The zero-order valence-electron chi connectivity index (χ0n) is 14.0. The molecule has 2 rings (SSSR count). The predicted molar refractivity (Wildman–Crippen MR) is 85.4 cm³/mol. The normalized spacial score (nSPS) is 11.0. The van der Waals surface area contributed by atoms with E-state index in [1.54, 1.807) is 13.8 Å². The SMILES string of the molecule is CCOc1ncc(NC(=O)c2ccccc2OC(F)(F)F)c(OCC)n1. The first-order valence-corrected chi connectivity index (χ1v) is 7.62. The fourth-order valence-corrected chi connectivity index (χ4v) is 1.94. The number of aromatic nitrogens is 2. The van der Waals surface area contributed by atoms with Crippen molar-refractivity contribution in [1.82, 2.24) is 9.97 Å². The van der Waals surface area contributed by atoms with Crippen molar-refractivity contribution in [3.05, 3.63) is 36.0 Å². The molecule has 0 spiro atoms. The van der Waals surface area contributed by atoms with Crippen LogP contribution in [0, 0.1) is 0 Å². The first-order chi connectivity index (χ1) is 12.3. The summed E-state index contributed by atoms with van der Waals surface area (Å²) in [6.45, 7) is 4.04. The van der Waals surface area contributed by atoms with E-state index < -0.39 is 18.0 Å². The van der Waals surface area contributed by atoms with Crippen LogP contribution in [0.5, 0.6) is 17.6 Å². The Balaban J connectivity index is 2.27. The van der Waals surface area contributed by atoms with Gasteiger partial charge in [-0.1, -0.05) is 12.1 Å². The number of carbonyl (C=O) groups excluding carboxylic acids is 1. The number of ether oxygens (including phenoxy) is 3. The monoisotopic (exact) mass is 371 g/mol. The maximum Gasteiger partial charge on any atom is 0.573 e. The first kappa shape index (κ1) is 19.3. The Morgan fingerprint density at radius 2 is 1.85 bits per heavy atom. The molecule has 1 N–H and O–H groups in total. The van der Waals surface area contributed by atoms with Crippen LogP contribution in [0.1, 0.15) is 24.2 Å². The molecule has 1 heterocycles. The molecular weight excluding hydrogens is 355 g/mol. The highest BCUT2D eigenvalue weighted by atomic mass is 19.4. The lowest BCUT2D eigenvalue weighted by molar-refractivity contribution is -0.274. The van der Waals surface area contributed by atoms with Gasteiger partial charge in [-0.15, -0.1) is 13.2 Å². The third-order valence-electron chi connectivity index (χ3n) is 2.89. The summed E-state index contributed by atoms with van der Waals surface area (Å²) in [5.41, 5.74) is -0.219. The van der Waals surface area contributed by atoms with Crippen LogP contribution >= 0.6 is 0 Å². The number of benzene rings is 1. The second-order valence-corrected chi connectivity index (χ2v) is 4.74. The average molecular weight is 371 g/mol. The van der Waals surface area contributed by atoms with Crippen molar-refractivity contribution in [2.75, 3.05) is 18.5 Å². The number of para-hydroxylation sites is 1. The lowest BCUT2D eigenvalue weighted by atomic mass is 10.2. The second-order valence-electron chi connectivity index (χ2n) is 4.74. The molecule has 0 fully saturated rings. The molecule has 140 valence electrons. The van der Waals surface area contributed by atoms with Crippen LogP contribution in [0.4, 0.5) is 18.9 Å². The molecule has 0 aliphatic carbocycles. The van der Waals surface area contributed by atoms with Gasteiger partial charge in [0.15, 0.2) is 0 Å². The van der Waals surface area contributed by atoms with Crippen molar-refractivity contribution in [2.45, 2.75) is 20.2 Å². The molecule has 7 nitrogen and oxygen atoms in total. The van der Waals surface area contributed by atoms with Gasteiger partial charge in [0, 0.05) is 0 Å². The van der Waals surface area contributed by atoms with Gasteiger partial charge in [-0.3, -0.25) is 4.79 Å². The third kappa shape index (κ3) is 5.23. The lowest BCUT2D eigenvalue weighted by Crippen LogP contribution is -2.21. The van der Waals surface area contributed by atoms with Gasteiger partial charge in [0.2, 0.25) is 5.88 Å². The fourth-order valence-electron chi connectivity index (χ4n) is 1.94. The summed E-state index contributed by atoms with van der Waals surface area (Å²) in [7, 11) is 0. The van der Waals surface area contributed by atoms with E-state index in [9.17, 15) is 18.0 Å². The Morgan fingerprint density at radius 1 is 1.15 bits per heavy atom. The Morgan fingerprint density at radius 3 is 2.50 bits per heavy atom. The van der Waals surface area contributed by atoms with Crippen molar-refractivity contribution in [1.29, 1.82) is 0 Å². The molecule has 0 radical (unpaired) electrons. The number of hydrogen-bond acceptors (Lipinski definition) is 6. The average Bonchev–Trinajstić information content (AvgIpc) is 2.56. The molecule has 0 aliphatic rings. The number of amides is 1. The van der Waals surface area contributed by atoms with E-state index >= 15 is 0 Å². The summed E-state index contributed by atoms with van der Waals surface area (Å²) in [6.07, 6.45) is -3.68. The Labute approximate surface area is 147 Å². The summed E-state index contributed by atoms with van der Waals surface area (Å²) >= 11 is 0. The molecule has 10 heteroatoms. The van der Waals surface area contributed by atoms with E-state index in [1.807, 2.05) is 0 Å². The minimum atomic E-state index is -4.92. The minimum Gasteiger partial charge on any atom is -0.476 e. The topological polar surface area (TPSA) is 82.6 Å². The number of anilines is 1. The molecule has 0 aliphatic heterocycles. The maximum absolute atomic E-state index is 12.5. The summed E-state index contributed by atoms with van der Waals surface area (Å²) in [6, 6.07) is 5.03. The van der Waals surface area contributed by atoms with Gasteiger partial charge in [-0.2, -0.15) is 4.98 Å². The molecule has 0 saturated heterocycles. The number of nitrogens with one attached hydrogen (secondary N) is 1. The summed E-state index contributed by atoms with van der Waals surface area (Å²) in [4.78, 5) is 20.3. The number of carbonyl (C=O) groups is 1. The van der Waals surface area contributed by atoms with E-state index in [0.717, 1.165) is 6.07 Å². The van der Waals surface area contributed by atoms with Crippen LogP contribution < -0.4 is 19.5 Å². The predicted octanol–water partition coefficient (Wildman–Crippen LogP) is 3.42. The molecule has 0 atom stereocenters. The highest BCUT2D eigenvalue weighted by Gasteiger charge is 2.33. The lowest BCUT2D eigenvalue weighted by Gasteiger charge is -2.14. The number of halogens is 3. The molecular formula is C16H16F3N3O4. The van der Waals surface area contributed by atoms with Gasteiger partial charge >= 0.3 is 12.4 Å². The highest BCUT2D eigenvalue weighted by Crippen LogP contribution is 2.28. The van der Waals surface area contributed by atoms with Gasteiger partial charge in [-0.05, 0) is 26.0 Å². The van der Waals surface area contributed by atoms with Crippen LogP contribution in [-0.4, -0.2) is 35.5 Å². The van der Waals surface area contributed by atoms with Gasteiger partial charge in [0.1, 0.15) is 11.4 Å². The molecule has 26 heavy (non-hydrogen) atoms. The van der Waals surface area contributed by atoms with E-state index in [-0.39, 0.29) is 29.7 Å². The van der Waals surface area contributed by atoms with Crippen LogP contribution in [0.2, 0.25) is 0 Å². The smallest absolute Gasteiger partial charge is 0.476 e. The van der Waals surface area contributed by atoms with Crippen molar-refractivity contribution in [2.24, 2.45) is 0 Å². The van der Waals surface area contributed by atoms with Crippen molar-refractivity contribution in [3.63, 3.8) is 0 Å². The van der Waals surface area contributed by atoms with Gasteiger partial charge in [0.25, 0.3) is 5.91 Å². The maximum atomic E-state index is 12.5. The third-order valence-corrected chi connectivity index (χ3v) is 2.89. The van der Waals surface area contributed by atoms with E-state index in [2.05, 4.69) is 20.0 Å². The number of alkyl halides is 3. The van der Waals surface area contributed by atoms with Crippen molar-refractivity contribution >= 4 is 11.6 Å². The van der Waals surface area contributed by atoms with Crippen LogP contribution in [0.3, 0.4) is 0 Å². The van der Waals surface area contributed by atoms with E-state index in [4.69, 9.17) is 9.47 Å². The minimum absolute atomic E-state index is 0.0357. The zero-order chi connectivity index (χ0) is 19.2. The number of hydrogen-bond donors (Lipinski definition) is 1. The standard InChI is InChI=1S/C16H16F3N3O4/c1-3-24-14-11(9-20-15(22-14)25-4-2)21-13(23)10-7-5-6-8-12(10)26-16(17,18)19/h5-9H,3-4H2,1-2H3,(H,21,23). The van der Waals surface area contributed by atoms with Crippen LogP contribution in [0.25, 0.3) is 0 Å². The molecule has 1 aromatic carbocycles. The van der Waals surface area contributed by atoms with Gasteiger partial charge in [-0.25, -0.2) is 4.98 Å². The fraction of sp³-hybridized carbons (Fsp3) is 0.312. The van der Waals surface area contributed by atoms with Crippen molar-refractivity contribution in [3.8, 4) is 17.6 Å². The molecule has 0 saturated carbocycles. The first-order valence-electron chi connectivity index (χ1n) is 7.62. The molecule has 0 bridgehead atoms. The Hall–Kier alpha value is -3.04. The largest absolute Gasteiger partial charge is 0.573 e. The van der Waals surface area contributed by atoms with E-state index in [1.165, 1.54) is 24.4 Å². The quantitative estimate of drug-likeness (QED) is 0.803. The molecule has 1 aromatic heterocycles. The zero-order valence-corrected chi connectivity index (χ0v) is 14.0. The molecule has 0 unspecified atom stereocenters. The number of rotatable bonds is 7. The second kappa shape index (κ2) is 8.37. The Kier molecular flexibility index (Phi) is 6.21. The van der Waals surface area contributed by atoms with E-state index in [0.29, 0.717) is 6.61 Å². The summed E-state index contributed by atoms with van der Waals surface area (Å²) in [5.74, 6) is -1.42.